The average Bonchev–Trinajstić information content (AvgIpc) is 3.25. The van der Waals surface area contributed by atoms with Crippen molar-refractivity contribution in [2.75, 3.05) is 10.6 Å². The highest BCUT2D eigenvalue weighted by Crippen LogP contribution is 2.33. The highest BCUT2D eigenvalue weighted by molar-refractivity contribution is 6.33. The number of hydrogen-bond donors (Lipinski definition) is 4. The second-order valence-electron chi connectivity index (χ2n) is 10.3. The number of ether oxygens (including phenoxy) is 1. The number of fused-ring (bicyclic) bond motifs is 1. The number of carbonyl (C=O) groups excluding carboxylic acids is 2. The molecule has 2 amide bonds. The van der Waals surface area contributed by atoms with E-state index in [0.717, 1.165) is 16.5 Å². The van der Waals surface area contributed by atoms with Crippen LogP contribution in [0.4, 0.5) is 22.1 Å². The van der Waals surface area contributed by atoms with Crippen molar-refractivity contribution in [3.05, 3.63) is 65.9 Å². The molecule has 0 saturated heterocycles. The van der Waals surface area contributed by atoms with Gasteiger partial charge in [0.05, 0.1) is 16.9 Å². The predicted molar refractivity (Wildman–Crippen MR) is 149 cm³/mol. The number of anilines is 3. The van der Waals surface area contributed by atoms with Crippen molar-refractivity contribution >= 4 is 51.8 Å². The predicted octanol–water partition coefficient (Wildman–Crippen LogP) is 6.26. The van der Waals surface area contributed by atoms with E-state index in [1.807, 2.05) is 75.5 Å². The van der Waals surface area contributed by atoms with E-state index in [1.54, 1.807) is 6.20 Å². The molecule has 0 atom stereocenters. The van der Waals surface area contributed by atoms with Gasteiger partial charge in [0.15, 0.2) is 0 Å². The fourth-order valence-corrected chi connectivity index (χ4v) is 4.55. The number of hydrogen-bond acceptors (Lipinski definition) is 6. The first kappa shape index (κ1) is 25.5. The first-order valence-electron chi connectivity index (χ1n) is 12.4. The lowest BCUT2D eigenvalue weighted by molar-refractivity contribution is -0.122. The SMILES string of the molecule is CC(C)(C)OC(=O)NC1CC(C(=O)Nc2cccc(Nc3ncc(Cl)c(-c4c[nH]c5ccccc45)n3)c2)C1. The van der Waals surface area contributed by atoms with Crippen molar-refractivity contribution in [1.82, 2.24) is 20.3 Å². The van der Waals surface area contributed by atoms with Crippen LogP contribution in [0.1, 0.15) is 33.6 Å². The minimum atomic E-state index is -0.557. The molecule has 0 aliphatic heterocycles. The standard InChI is InChI=1S/C28H29ClN6O3/c1-28(2,3)38-27(37)34-19-11-16(12-19)25(36)32-17-7-6-8-18(13-17)33-26-31-15-22(29)24(35-26)21-14-30-23-10-5-4-9-20(21)23/h4-10,13-16,19,30H,11-12H2,1-3H3,(H,32,36)(H,34,37)(H,31,33,35). The van der Waals surface area contributed by atoms with Gasteiger partial charge in [-0.05, 0) is 57.9 Å². The Morgan fingerprint density at radius 1 is 1.08 bits per heavy atom. The lowest BCUT2D eigenvalue weighted by Gasteiger charge is -2.35. The molecule has 0 bridgehead atoms. The molecule has 38 heavy (non-hydrogen) atoms. The van der Waals surface area contributed by atoms with E-state index in [9.17, 15) is 9.59 Å². The lowest BCUT2D eigenvalue weighted by atomic mass is 9.79. The fourth-order valence-electron chi connectivity index (χ4n) is 4.36. The topological polar surface area (TPSA) is 121 Å². The Labute approximate surface area is 225 Å². The van der Waals surface area contributed by atoms with Gasteiger partial charge in [0.1, 0.15) is 5.60 Å². The summed E-state index contributed by atoms with van der Waals surface area (Å²) in [6, 6.07) is 15.2. The third-order valence-corrected chi connectivity index (χ3v) is 6.48. The van der Waals surface area contributed by atoms with Crippen LogP contribution in [0.25, 0.3) is 22.2 Å². The van der Waals surface area contributed by atoms with Crippen LogP contribution >= 0.6 is 11.6 Å². The number of para-hydroxylation sites is 1. The summed E-state index contributed by atoms with van der Waals surface area (Å²) in [7, 11) is 0. The molecule has 2 aromatic carbocycles. The van der Waals surface area contributed by atoms with Crippen molar-refractivity contribution < 1.29 is 14.3 Å². The number of alkyl carbamates (subject to hydrolysis) is 1. The van der Waals surface area contributed by atoms with Crippen LogP contribution in [-0.2, 0) is 9.53 Å². The van der Waals surface area contributed by atoms with Gasteiger partial charge in [0, 0.05) is 46.0 Å². The minimum absolute atomic E-state index is 0.0676. The quantitative estimate of drug-likeness (QED) is 0.232. The summed E-state index contributed by atoms with van der Waals surface area (Å²) in [4.78, 5) is 36.9. The van der Waals surface area contributed by atoms with E-state index in [4.69, 9.17) is 16.3 Å². The summed E-state index contributed by atoms with van der Waals surface area (Å²) in [5.41, 5.74) is 3.30. The van der Waals surface area contributed by atoms with Crippen molar-refractivity contribution in [3.8, 4) is 11.3 Å². The molecule has 1 aliphatic carbocycles. The van der Waals surface area contributed by atoms with E-state index in [-0.39, 0.29) is 17.9 Å². The zero-order valence-corrected chi connectivity index (χ0v) is 22.1. The molecule has 1 aliphatic rings. The maximum atomic E-state index is 12.7. The third kappa shape index (κ3) is 5.89. The Bertz CT molecular complexity index is 1490. The van der Waals surface area contributed by atoms with Gasteiger partial charge in [0.2, 0.25) is 11.9 Å². The molecule has 9 nitrogen and oxygen atoms in total. The van der Waals surface area contributed by atoms with E-state index in [2.05, 4.69) is 30.9 Å². The molecule has 1 fully saturated rings. The number of rotatable bonds is 6. The Morgan fingerprint density at radius 3 is 2.63 bits per heavy atom. The number of halogens is 1. The second kappa shape index (κ2) is 10.3. The monoisotopic (exact) mass is 532 g/mol. The van der Waals surface area contributed by atoms with Crippen LogP contribution in [-0.4, -0.2) is 38.6 Å². The highest BCUT2D eigenvalue weighted by atomic mass is 35.5. The van der Waals surface area contributed by atoms with Crippen molar-refractivity contribution in [1.29, 1.82) is 0 Å². The highest BCUT2D eigenvalue weighted by Gasteiger charge is 2.36. The molecular formula is C28H29ClN6O3. The first-order chi connectivity index (χ1) is 18.1. The van der Waals surface area contributed by atoms with E-state index in [0.29, 0.717) is 40.9 Å². The second-order valence-corrected chi connectivity index (χ2v) is 10.8. The Hall–Kier alpha value is -4.11. The largest absolute Gasteiger partial charge is 0.444 e. The number of aromatic amines is 1. The molecule has 4 N–H and O–H groups in total. The summed E-state index contributed by atoms with van der Waals surface area (Å²) in [5.74, 6) is 0.117. The number of amides is 2. The van der Waals surface area contributed by atoms with E-state index >= 15 is 0 Å². The zero-order valence-electron chi connectivity index (χ0n) is 21.3. The van der Waals surface area contributed by atoms with Crippen LogP contribution in [0.2, 0.25) is 5.02 Å². The van der Waals surface area contributed by atoms with Crippen LogP contribution in [0, 0.1) is 5.92 Å². The Morgan fingerprint density at radius 2 is 1.84 bits per heavy atom. The fraction of sp³-hybridized carbons (Fsp3) is 0.286. The van der Waals surface area contributed by atoms with Crippen LogP contribution in [0.3, 0.4) is 0 Å². The molecule has 196 valence electrons. The number of nitrogens with one attached hydrogen (secondary N) is 4. The van der Waals surface area contributed by atoms with Crippen molar-refractivity contribution in [2.45, 2.75) is 45.3 Å². The number of aromatic nitrogens is 3. The molecule has 4 aromatic rings. The summed E-state index contributed by atoms with van der Waals surface area (Å²) < 4.78 is 5.27. The van der Waals surface area contributed by atoms with Gasteiger partial charge >= 0.3 is 6.09 Å². The van der Waals surface area contributed by atoms with Crippen LogP contribution in [0.15, 0.2) is 60.9 Å². The molecule has 0 unspecified atom stereocenters. The maximum absolute atomic E-state index is 12.7. The lowest BCUT2D eigenvalue weighted by Crippen LogP contribution is -2.49. The van der Waals surface area contributed by atoms with Gasteiger partial charge in [-0.2, -0.15) is 0 Å². The summed E-state index contributed by atoms with van der Waals surface area (Å²) >= 11 is 6.44. The van der Waals surface area contributed by atoms with Gasteiger partial charge in [0.25, 0.3) is 0 Å². The minimum Gasteiger partial charge on any atom is -0.444 e. The van der Waals surface area contributed by atoms with Gasteiger partial charge in [-0.25, -0.2) is 14.8 Å². The van der Waals surface area contributed by atoms with Gasteiger partial charge < -0.3 is 25.7 Å². The molecule has 2 aromatic heterocycles. The normalized spacial score (nSPS) is 16.9. The summed E-state index contributed by atoms with van der Waals surface area (Å²) in [6.45, 7) is 5.44. The molecule has 2 heterocycles. The molecule has 5 rings (SSSR count). The van der Waals surface area contributed by atoms with Crippen molar-refractivity contribution in [3.63, 3.8) is 0 Å². The molecule has 0 radical (unpaired) electrons. The maximum Gasteiger partial charge on any atom is 0.407 e. The molecule has 1 saturated carbocycles. The molecule has 0 spiro atoms. The average molecular weight is 533 g/mol. The van der Waals surface area contributed by atoms with E-state index < -0.39 is 11.7 Å². The molecule has 10 heteroatoms. The molecular weight excluding hydrogens is 504 g/mol. The number of carbonyl (C=O) groups is 2. The number of benzene rings is 2. The Balaban J connectivity index is 1.21. The Kier molecular flexibility index (Phi) is 6.94. The summed E-state index contributed by atoms with van der Waals surface area (Å²) in [6.07, 6.45) is 4.12. The first-order valence-corrected chi connectivity index (χ1v) is 12.8. The number of nitrogens with zero attached hydrogens (tertiary/aromatic N) is 2. The van der Waals surface area contributed by atoms with E-state index in [1.165, 1.54) is 0 Å². The van der Waals surface area contributed by atoms with Gasteiger partial charge in [-0.15, -0.1) is 0 Å². The van der Waals surface area contributed by atoms with Crippen LogP contribution in [0.5, 0.6) is 0 Å². The number of H-pyrrole nitrogens is 1. The third-order valence-electron chi connectivity index (χ3n) is 6.20. The summed E-state index contributed by atoms with van der Waals surface area (Å²) in [5, 5.41) is 10.4. The van der Waals surface area contributed by atoms with Gasteiger partial charge in [-0.3, -0.25) is 4.79 Å². The smallest absolute Gasteiger partial charge is 0.407 e. The zero-order chi connectivity index (χ0) is 26.9. The van der Waals surface area contributed by atoms with Crippen LogP contribution < -0.4 is 16.0 Å². The van der Waals surface area contributed by atoms with Gasteiger partial charge in [-0.1, -0.05) is 35.9 Å². The van der Waals surface area contributed by atoms with Crippen molar-refractivity contribution in [2.24, 2.45) is 5.92 Å².